The van der Waals surface area contributed by atoms with Crippen LogP contribution in [0.15, 0.2) is 24.3 Å². The van der Waals surface area contributed by atoms with E-state index in [1.165, 1.54) is 244 Å². The van der Waals surface area contributed by atoms with E-state index in [-0.39, 0.29) is 31.1 Å². The number of hydrogen-bond donors (Lipinski definition) is 0. The fraction of sp³-hybridized carbons (Fsp3) is 0.891. The maximum Gasteiger partial charge on any atom is 0.306 e. The normalized spacial score (nSPS) is 12.1. The number of rotatable bonds is 58. The Balaban J connectivity index is 4.31. The second kappa shape index (κ2) is 59.5. The summed E-state index contributed by atoms with van der Waals surface area (Å²) in [6.45, 7) is 6.68. The van der Waals surface area contributed by atoms with Gasteiger partial charge in [-0.2, -0.15) is 0 Å². The van der Waals surface area contributed by atoms with Crippen LogP contribution in [-0.4, -0.2) is 37.2 Å². The molecule has 0 N–H and O–H groups in total. The van der Waals surface area contributed by atoms with Crippen LogP contribution in [0.5, 0.6) is 0 Å². The average molecular weight is 986 g/mol. The Bertz CT molecular complexity index is 1130. The highest BCUT2D eigenvalue weighted by Crippen LogP contribution is 2.18. The van der Waals surface area contributed by atoms with E-state index in [9.17, 15) is 14.4 Å². The SMILES string of the molecule is CCCCC/C=C\C/C=C\CCCCCCCCCCCC(=O)OCC(COC(=O)CCCCCCCCCCCCCCCCC)OC(=O)CCCCCCCCCCCCCCCCCCCC. The molecular formula is C64H120O6. The minimum Gasteiger partial charge on any atom is -0.462 e. The molecule has 70 heavy (non-hydrogen) atoms. The van der Waals surface area contributed by atoms with Crippen LogP contribution >= 0.6 is 0 Å². The maximum absolute atomic E-state index is 12.9. The van der Waals surface area contributed by atoms with Crippen molar-refractivity contribution >= 4 is 17.9 Å². The van der Waals surface area contributed by atoms with E-state index in [1.54, 1.807) is 0 Å². The quantitative estimate of drug-likeness (QED) is 0.0261. The molecule has 0 aliphatic carbocycles. The lowest BCUT2D eigenvalue weighted by Crippen LogP contribution is -2.30. The van der Waals surface area contributed by atoms with Crippen LogP contribution in [0.1, 0.15) is 348 Å². The molecule has 0 heterocycles. The Labute approximate surface area is 436 Å². The van der Waals surface area contributed by atoms with Crippen LogP contribution in [-0.2, 0) is 28.6 Å². The van der Waals surface area contributed by atoms with Crippen LogP contribution < -0.4 is 0 Å². The average Bonchev–Trinajstić information content (AvgIpc) is 3.36. The molecule has 0 saturated carbocycles. The lowest BCUT2D eigenvalue weighted by molar-refractivity contribution is -0.167. The van der Waals surface area contributed by atoms with E-state index < -0.39 is 6.10 Å². The first-order valence-corrected chi connectivity index (χ1v) is 31.3. The number of carbonyl (C=O) groups excluding carboxylic acids is 3. The summed E-state index contributed by atoms with van der Waals surface area (Å²) in [5, 5.41) is 0. The van der Waals surface area contributed by atoms with E-state index in [2.05, 4.69) is 45.1 Å². The van der Waals surface area contributed by atoms with E-state index in [4.69, 9.17) is 14.2 Å². The zero-order valence-corrected chi connectivity index (χ0v) is 47.3. The van der Waals surface area contributed by atoms with Crippen molar-refractivity contribution in [3.05, 3.63) is 24.3 Å². The minimum atomic E-state index is -0.768. The predicted octanol–water partition coefficient (Wildman–Crippen LogP) is 21.1. The third kappa shape index (κ3) is 56.8. The third-order valence-electron chi connectivity index (χ3n) is 14.2. The monoisotopic (exact) mass is 985 g/mol. The van der Waals surface area contributed by atoms with Crippen molar-refractivity contribution in [3.8, 4) is 0 Å². The summed E-state index contributed by atoms with van der Waals surface area (Å²) in [5.41, 5.74) is 0. The van der Waals surface area contributed by atoms with Crippen LogP contribution in [0, 0.1) is 0 Å². The van der Waals surface area contributed by atoms with Crippen LogP contribution in [0.3, 0.4) is 0 Å². The molecule has 0 aliphatic heterocycles. The van der Waals surface area contributed by atoms with Crippen molar-refractivity contribution in [1.82, 2.24) is 0 Å². The second-order valence-corrected chi connectivity index (χ2v) is 21.3. The summed E-state index contributed by atoms with van der Waals surface area (Å²) < 4.78 is 16.9. The van der Waals surface area contributed by atoms with Gasteiger partial charge in [-0.15, -0.1) is 0 Å². The lowest BCUT2D eigenvalue weighted by atomic mass is 10.0. The number of carbonyl (C=O) groups is 3. The smallest absolute Gasteiger partial charge is 0.306 e. The molecule has 0 saturated heterocycles. The molecule has 6 nitrogen and oxygen atoms in total. The molecule has 0 aliphatic rings. The molecule has 412 valence electrons. The minimum absolute atomic E-state index is 0.0662. The molecule has 1 unspecified atom stereocenters. The Hall–Kier alpha value is -2.11. The molecule has 0 aromatic rings. The molecule has 0 spiro atoms. The first kappa shape index (κ1) is 67.9. The van der Waals surface area contributed by atoms with Crippen LogP contribution in [0.25, 0.3) is 0 Å². The fourth-order valence-electron chi connectivity index (χ4n) is 9.48. The van der Waals surface area contributed by atoms with Gasteiger partial charge < -0.3 is 14.2 Å². The van der Waals surface area contributed by atoms with Gasteiger partial charge >= 0.3 is 17.9 Å². The van der Waals surface area contributed by atoms with Crippen molar-refractivity contribution in [2.24, 2.45) is 0 Å². The van der Waals surface area contributed by atoms with Crippen molar-refractivity contribution in [1.29, 1.82) is 0 Å². The molecule has 0 aromatic carbocycles. The Morgan fingerprint density at radius 2 is 0.514 bits per heavy atom. The first-order chi connectivity index (χ1) is 34.5. The zero-order valence-electron chi connectivity index (χ0n) is 47.3. The number of allylic oxidation sites excluding steroid dienone is 4. The van der Waals surface area contributed by atoms with Crippen molar-refractivity contribution in [2.75, 3.05) is 13.2 Å². The topological polar surface area (TPSA) is 78.9 Å². The van der Waals surface area contributed by atoms with Crippen molar-refractivity contribution < 1.29 is 28.6 Å². The Morgan fingerprint density at radius 3 is 0.814 bits per heavy atom. The van der Waals surface area contributed by atoms with Gasteiger partial charge in [-0.3, -0.25) is 14.4 Å². The zero-order chi connectivity index (χ0) is 50.7. The largest absolute Gasteiger partial charge is 0.462 e. The van der Waals surface area contributed by atoms with Gasteiger partial charge in [0.25, 0.3) is 0 Å². The van der Waals surface area contributed by atoms with Gasteiger partial charge in [0.2, 0.25) is 0 Å². The van der Waals surface area contributed by atoms with E-state index in [1.807, 2.05) is 0 Å². The van der Waals surface area contributed by atoms with E-state index >= 15 is 0 Å². The highest BCUT2D eigenvalue weighted by atomic mass is 16.6. The number of esters is 3. The Morgan fingerprint density at radius 1 is 0.286 bits per heavy atom. The lowest BCUT2D eigenvalue weighted by Gasteiger charge is -2.18. The molecular weight excluding hydrogens is 865 g/mol. The molecule has 1 atom stereocenters. The van der Waals surface area contributed by atoms with Gasteiger partial charge in [0.15, 0.2) is 6.10 Å². The third-order valence-corrected chi connectivity index (χ3v) is 14.2. The highest BCUT2D eigenvalue weighted by Gasteiger charge is 2.19. The van der Waals surface area contributed by atoms with Gasteiger partial charge in [-0.25, -0.2) is 0 Å². The predicted molar refractivity (Wildman–Crippen MR) is 303 cm³/mol. The molecule has 6 heteroatoms. The van der Waals surface area contributed by atoms with Gasteiger partial charge in [0.05, 0.1) is 0 Å². The van der Waals surface area contributed by atoms with E-state index in [0.29, 0.717) is 19.3 Å². The number of unbranched alkanes of at least 4 members (excludes halogenated alkanes) is 43. The van der Waals surface area contributed by atoms with Gasteiger partial charge in [0, 0.05) is 19.3 Å². The molecule has 0 bridgehead atoms. The number of hydrogen-bond acceptors (Lipinski definition) is 6. The summed E-state index contributed by atoms with van der Waals surface area (Å²) in [5.74, 6) is -0.843. The van der Waals surface area contributed by atoms with Crippen molar-refractivity contribution in [3.63, 3.8) is 0 Å². The summed E-state index contributed by atoms with van der Waals surface area (Å²) in [4.78, 5) is 38.3. The molecule has 0 aromatic heterocycles. The molecule has 0 fully saturated rings. The summed E-state index contributed by atoms with van der Waals surface area (Å²) in [6.07, 6.45) is 70.3. The fourth-order valence-corrected chi connectivity index (χ4v) is 9.48. The Kier molecular flexibility index (Phi) is 57.7. The van der Waals surface area contributed by atoms with Gasteiger partial charge in [-0.05, 0) is 51.4 Å². The maximum atomic E-state index is 12.9. The molecule has 0 rings (SSSR count). The standard InChI is InChI=1S/C64H120O6/c1-4-7-10-13-16-19-22-25-28-30-32-34-36-39-42-45-48-51-54-57-63(66)69-60-61(59-68-62(65)56-53-50-47-44-41-38-35-27-24-21-18-15-12-9-6-3)70-64(67)58-55-52-49-46-43-40-37-33-31-29-26-23-20-17-14-11-8-5-2/h16,19,25,28,61H,4-15,17-18,20-24,26-27,29-60H2,1-3H3/b19-16-,28-25-. The van der Waals surface area contributed by atoms with Crippen LogP contribution in [0.2, 0.25) is 0 Å². The van der Waals surface area contributed by atoms with Gasteiger partial charge in [0.1, 0.15) is 13.2 Å². The molecule has 0 radical (unpaired) electrons. The van der Waals surface area contributed by atoms with Crippen LogP contribution in [0.4, 0.5) is 0 Å². The first-order valence-electron chi connectivity index (χ1n) is 31.3. The van der Waals surface area contributed by atoms with Crippen molar-refractivity contribution in [2.45, 2.75) is 354 Å². The highest BCUT2D eigenvalue weighted by molar-refractivity contribution is 5.71. The van der Waals surface area contributed by atoms with E-state index in [0.717, 1.165) is 64.2 Å². The second-order valence-electron chi connectivity index (χ2n) is 21.3. The summed E-state index contributed by atoms with van der Waals surface area (Å²) in [6, 6.07) is 0. The van der Waals surface area contributed by atoms with Gasteiger partial charge in [-0.1, -0.05) is 302 Å². The summed E-state index contributed by atoms with van der Waals surface area (Å²) in [7, 11) is 0. The summed E-state index contributed by atoms with van der Waals surface area (Å²) >= 11 is 0. The molecule has 0 amide bonds. The number of ether oxygens (including phenoxy) is 3.